The summed E-state index contributed by atoms with van der Waals surface area (Å²) >= 11 is 0. The normalized spacial score (nSPS) is 18.7. The number of nitrogens with zero attached hydrogens (tertiary/aromatic N) is 4. The van der Waals surface area contributed by atoms with Crippen molar-refractivity contribution in [2.45, 2.75) is 18.9 Å². The van der Waals surface area contributed by atoms with Crippen LogP contribution in [0.3, 0.4) is 0 Å². The maximum atomic E-state index is 12.9. The molecular formula is C22H29N5O4. The van der Waals surface area contributed by atoms with Gasteiger partial charge in [-0.15, -0.1) is 10.2 Å². The summed E-state index contributed by atoms with van der Waals surface area (Å²) < 4.78 is 16.2. The predicted molar refractivity (Wildman–Crippen MR) is 117 cm³/mol. The maximum Gasteiger partial charge on any atom is 0.254 e. The minimum Gasteiger partial charge on any atom is -0.493 e. The van der Waals surface area contributed by atoms with E-state index in [-0.39, 0.29) is 12.0 Å². The van der Waals surface area contributed by atoms with E-state index < -0.39 is 0 Å². The summed E-state index contributed by atoms with van der Waals surface area (Å²) in [6.07, 6.45) is 2.47. The number of piperazine rings is 1. The van der Waals surface area contributed by atoms with E-state index in [9.17, 15) is 4.79 Å². The molecule has 9 nitrogen and oxygen atoms in total. The Labute approximate surface area is 182 Å². The molecule has 1 unspecified atom stereocenters. The highest BCUT2D eigenvalue weighted by Gasteiger charge is 2.24. The zero-order valence-electron chi connectivity index (χ0n) is 18.0. The van der Waals surface area contributed by atoms with E-state index >= 15 is 0 Å². The zero-order valence-corrected chi connectivity index (χ0v) is 18.0. The van der Waals surface area contributed by atoms with Crippen LogP contribution in [0.2, 0.25) is 0 Å². The Morgan fingerprint density at radius 1 is 1.10 bits per heavy atom. The van der Waals surface area contributed by atoms with E-state index in [1.807, 2.05) is 17.0 Å². The monoisotopic (exact) mass is 427 g/mol. The van der Waals surface area contributed by atoms with Gasteiger partial charge in [0.2, 0.25) is 0 Å². The summed E-state index contributed by atoms with van der Waals surface area (Å²) in [7, 11) is 3.14. The molecule has 166 valence electrons. The molecule has 2 fully saturated rings. The van der Waals surface area contributed by atoms with Crippen LogP contribution in [0.25, 0.3) is 0 Å². The van der Waals surface area contributed by atoms with Crippen LogP contribution in [0, 0.1) is 0 Å². The van der Waals surface area contributed by atoms with Crippen molar-refractivity contribution in [3.05, 3.63) is 35.9 Å². The molecule has 0 saturated carbocycles. The third-order valence-corrected chi connectivity index (χ3v) is 5.71. The highest BCUT2D eigenvalue weighted by molar-refractivity contribution is 5.95. The summed E-state index contributed by atoms with van der Waals surface area (Å²) in [6.45, 7) is 4.25. The maximum absolute atomic E-state index is 12.9. The molecule has 1 aromatic heterocycles. The number of nitrogens with one attached hydrogen (secondary N) is 1. The first-order valence-corrected chi connectivity index (χ1v) is 10.6. The fourth-order valence-electron chi connectivity index (χ4n) is 3.90. The Balaban J connectivity index is 1.30. The Hall–Kier alpha value is -3.07. The van der Waals surface area contributed by atoms with E-state index in [0.717, 1.165) is 37.6 Å². The van der Waals surface area contributed by atoms with Crippen molar-refractivity contribution >= 4 is 17.5 Å². The SMILES string of the molecule is COc1ccc(C(=O)N2CCN(c3ccc(NCC4CCCO4)nn3)CC2)cc1OC. The molecule has 0 spiro atoms. The quantitative estimate of drug-likeness (QED) is 0.718. The van der Waals surface area contributed by atoms with Gasteiger partial charge < -0.3 is 29.3 Å². The van der Waals surface area contributed by atoms with E-state index in [1.54, 1.807) is 32.4 Å². The van der Waals surface area contributed by atoms with Gasteiger partial charge in [-0.2, -0.15) is 0 Å². The van der Waals surface area contributed by atoms with E-state index in [4.69, 9.17) is 14.2 Å². The lowest BCUT2D eigenvalue weighted by Gasteiger charge is -2.35. The summed E-state index contributed by atoms with van der Waals surface area (Å²) in [5.74, 6) is 2.72. The molecule has 3 heterocycles. The Bertz CT molecular complexity index is 878. The van der Waals surface area contributed by atoms with Crippen molar-refractivity contribution in [3.8, 4) is 11.5 Å². The zero-order chi connectivity index (χ0) is 21.6. The molecule has 2 aliphatic rings. The molecule has 2 saturated heterocycles. The summed E-state index contributed by atoms with van der Waals surface area (Å²) in [5.41, 5.74) is 0.590. The van der Waals surface area contributed by atoms with Crippen molar-refractivity contribution in [2.75, 3.05) is 63.8 Å². The number of anilines is 2. The van der Waals surface area contributed by atoms with Crippen molar-refractivity contribution < 1.29 is 19.0 Å². The fourth-order valence-corrected chi connectivity index (χ4v) is 3.90. The molecule has 4 rings (SSSR count). The lowest BCUT2D eigenvalue weighted by molar-refractivity contribution is 0.0746. The minimum absolute atomic E-state index is 0.0135. The third-order valence-electron chi connectivity index (χ3n) is 5.71. The summed E-state index contributed by atoms with van der Waals surface area (Å²) in [5, 5.41) is 11.9. The Morgan fingerprint density at radius 2 is 1.90 bits per heavy atom. The second-order valence-electron chi connectivity index (χ2n) is 7.64. The summed E-state index contributed by atoms with van der Waals surface area (Å²) in [6, 6.07) is 9.16. The van der Waals surface area contributed by atoms with E-state index in [1.165, 1.54) is 0 Å². The van der Waals surface area contributed by atoms with Crippen LogP contribution in [-0.4, -0.2) is 80.7 Å². The molecule has 1 amide bonds. The van der Waals surface area contributed by atoms with Gasteiger partial charge in [0.25, 0.3) is 5.91 Å². The molecule has 2 aromatic rings. The van der Waals surface area contributed by atoms with Gasteiger partial charge >= 0.3 is 0 Å². The molecule has 0 aliphatic carbocycles. The number of carbonyl (C=O) groups is 1. The number of amides is 1. The molecule has 1 N–H and O–H groups in total. The molecule has 1 atom stereocenters. The van der Waals surface area contributed by atoms with Crippen LogP contribution < -0.4 is 19.7 Å². The largest absolute Gasteiger partial charge is 0.493 e. The predicted octanol–water partition coefficient (Wildman–Crippen LogP) is 2.05. The average molecular weight is 428 g/mol. The van der Waals surface area contributed by atoms with Gasteiger partial charge in [0, 0.05) is 44.9 Å². The van der Waals surface area contributed by atoms with E-state index in [0.29, 0.717) is 43.2 Å². The first-order chi connectivity index (χ1) is 15.2. The average Bonchev–Trinajstić information content (AvgIpc) is 3.36. The lowest BCUT2D eigenvalue weighted by atomic mass is 10.1. The highest BCUT2D eigenvalue weighted by atomic mass is 16.5. The van der Waals surface area contributed by atoms with Crippen molar-refractivity contribution in [1.82, 2.24) is 15.1 Å². The van der Waals surface area contributed by atoms with Crippen molar-refractivity contribution in [3.63, 3.8) is 0 Å². The van der Waals surface area contributed by atoms with Crippen LogP contribution in [0.15, 0.2) is 30.3 Å². The number of methoxy groups -OCH3 is 2. The van der Waals surface area contributed by atoms with Gasteiger partial charge in [0.1, 0.15) is 5.82 Å². The van der Waals surface area contributed by atoms with Crippen LogP contribution >= 0.6 is 0 Å². The number of benzene rings is 1. The van der Waals surface area contributed by atoms with Crippen LogP contribution in [0.5, 0.6) is 11.5 Å². The standard InChI is InChI=1S/C22H29N5O4/c1-29-18-6-5-16(14-19(18)30-2)22(28)27-11-9-26(10-12-27)21-8-7-20(24-25-21)23-15-17-4-3-13-31-17/h5-8,14,17H,3-4,9-13,15H2,1-2H3,(H,23,24). The lowest BCUT2D eigenvalue weighted by Crippen LogP contribution is -2.49. The number of carbonyl (C=O) groups excluding carboxylic acids is 1. The van der Waals surface area contributed by atoms with Crippen LogP contribution in [-0.2, 0) is 4.74 Å². The van der Waals surface area contributed by atoms with Gasteiger partial charge in [-0.25, -0.2) is 0 Å². The number of hydrogen-bond donors (Lipinski definition) is 1. The van der Waals surface area contributed by atoms with Crippen molar-refractivity contribution in [1.29, 1.82) is 0 Å². The van der Waals surface area contributed by atoms with Gasteiger partial charge in [-0.3, -0.25) is 4.79 Å². The molecule has 1 aromatic carbocycles. The molecule has 31 heavy (non-hydrogen) atoms. The van der Waals surface area contributed by atoms with Crippen LogP contribution in [0.4, 0.5) is 11.6 Å². The fraction of sp³-hybridized carbons (Fsp3) is 0.500. The molecule has 9 heteroatoms. The van der Waals surface area contributed by atoms with Crippen molar-refractivity contribution in [2.24, 2.45) is 0 Å². The third kappa shape index (κ3) is 4.99. The number of rotatable bonds is 7. The number of aromatic nitrogens is 2. The first kappa shape index (κ1) is 21.2. The van der Waals surface area contributed by atoms with Gasteiger partial charge in [0.15, 0.2) is 17.3 Å². The highest BCUT2D eigenvalue weighted by Crippen LogP contribution is 2.28. The molecule has 2 aliphatic heterocycles. The van der Waals surface area contributed by atoms with Gasteiger partial charge in [-0.1, -0.05) is 0 Å². The molecule has 0 radical (unpaired) electrons. The number of hydrogen-bond acceptors (Lipinski definition) is 8. The summed E-state index contributed by atoms with van der Waals surface area (Å²) in [4.78, 5) is 16.9. The van der Waals surface area contributed by atoms with Crippen LogP contribution in [0.1, 0.15) is 23.2 Å². The Morgan fingerprint density at radius 3 is 2.55 bits per heavy atom. The topological polar surface area (TPSA) is 89.1 Å². The Kier molecular flexibility index (Phi) is 6.71. The van der Waals surface area contributed by atoms with Gasteiger partial charge in [0.05, 0.1) is 20.3 Å². The van der Waals surface area contributed by atoms with E-state index in [2.05, 4.69) is 20.4 Å². The smallest absolute Gasteiger partial charge is 0.254 e. The molecule has 0 bridgehead atoms. The second kappa shape index (κ2) is 9.82. The van der Waals surface area contributed by atoms with Gasteiger partial charge in [-0.05, 0) is 43.2 Å². The minimum atomic E-state index is -0.0135. The first-order valence-electron chi connectivity index (χ1n) is 10.6. The number of ether oxygens (including phenoxy) is 3. The molecular weight excluding hydrogens is 398 g/mol. The second-order valence-corrected chi connectivity index (χ2v) is 7.64.